The Morgan fingerprint density at radius 2 is 2.05 bits per heavy atom. The first-order chi connectivity index (χ1) is 9.58. The number of ketones is 1. The van der Waals surface area contributed by atoms with Crippen molar-refractivity contribution in [2.45, 2.75) is 6.92 Å². The summed E-state index contributed by atoms with van der Waals surface area (Å²) in [6, 6.07) is 9.83. The summed E-state index contributed by atoms with van der Waals surface area (Å²) in [6.07, 6.45) is 1.68. The average Bonchev–Trinajstić information content (AvgIpc) is 2.86. The van der Waals surface area contributed by atoms with E-state index in [0.717, 1.165) is 16.5 Å². The Hall–Kier alpha value is -2.62. The van der Waals surface area contributed by atoms with E-state index in [9.17, 15) is 9.18 Å². The van der Waals surface area contributed by atoms with Crippen LogP contribution in [0.5, 0.6) is 0 Å². The molecule has 0 bridgehead atoms. The minimum absolute atomic E-state index is 0.0209. The molecule has 3 rings (SSSR count). The van der Waals surface area contributed by atoms with E-state index in [0.29, 0.717) is 11.1 Å². The van der Waals surface area contributed by atoms with E-state index < -0.39 is 5.82 Å². The quantitative estimate of drug-likeness (QED) is 0.552. The molecule has 3 N–H and O–H groups in total. The van der Waals surface area contributed by atoms with E-state index in [1.165, 1.54) is 18.2 Å². The zero-order chi connectivity index (χ0) is 14.3. The normalized spacial score (nSPS) is 10.9. The van der Waals surface area contributed by atoms with Crippen molar-refractivity contribution in [1.29, 1.82) is 0 Å². The van der Waals surface area contributed by atoms with Gasteiger partial charge in [-0.05, 0) is 36.8 Å². The number of halogens is 1. The maximum atomic E-state index is 13.2. The molecule has 0 saturated heterocycles. The van der Waals surface area contributed by atoms with Crippen LogP contribution in [0.3, 0.4) is 0 Å². The second-order valence-electron chi connectivity index (χ2n) is 4.77. The summed E-state index contributed by atoms with van der Waals surface area (Å²) >= 11 is 0. The van der Waals surface area contributed by atoms with Gasteiger partial charge in [0, 0.05) is 28.2 Å². The van der Waals surface area contributed by atoms with Gasteiger partial charge in [0.1, 0.15) is 5.82 Å². The predicted molar refractivity (Wildman–Crippen MR) is 77.3 cm³/mol. The van der Waals surface area contributed by atoms with Crippen LogP contribution in [0.1, 0.15) is 21.5 Å². The van der Waals surface area contributed by atoms with Crippen LogP contribution in [0.4, 0.5) is 10.1 Å². The fraction of sp³-hybridized carbons (Fsp3) is 0.0625. The smallest absolute Gasteiger partial charge is 0.195 e. The molecule has 4 heteroatoms. The summed E-state index contributed by atoms with van der Waals surface area (Å²) in [5, 5.41) is 0.889. The minimum Gasteiger partial charge on any atom is -0.396 e. The summed E-state index contributed by atoms with van der Waals surface area (Å²) in [7, 11) is 0. The van der Waals surface area contributed by atoms with Crippen molar-refractivity contribution in [1.82, 2.24) is 4.98 Å². The number of fused-ring (bicyclic) bond motifs is 1. The van der Waals surface area contributed by atoms with Gasteiger partial charge >= 0.3 is 0 Å². The van der Waals surface area contributed by atoms with E-state index in [1.54, 1.807) is 6.20 Å². The van der Waals surface area contributed by atoms with Crippen molar-refractivity contribution in [2.24, 2.45) is 0 Å². The maximum absolute atomic E-state index is 13.2. The Kier molecular flexibility index (Phi) is 2.79. The number of nitrogen functional groups attached to an aromatic ring is 1. The van der Waals surface area contributed by atoms with Crippen molar-refractivity contribution < 1.29 is 9.18 Å². The van der Waals surface area contributed by atoms with Crippen LogP contribution in [0, 0.1) is 12.7 Å². The van der Waals surface area contributed by atoms with Crippen LogP contribution in [-0.2, 0) is 0 Å². The molecule has 3 aromatic rings. The lowest BCUT2D eigenvalue weighted by Crippen LogP contribution is -2.03. The Labute approximate surface area is 115 Å². The summed E-state index contributed by atoms with van der Waals surface area (Å²) in [4.78, 5) is 15.6. The summed E-state index contributed by atoms with van der Waals surface area (Å²) in [5.41, 5.74) is 8.38. The van der Waals surface area contributed by atoms with E-state index >= 15 is 0 Å². The fourth-order valence-corrected chi connectivity index (χ4v) is 2.39. The third kappa shape index (κ3) is 1.86. The van der Waals surface area contributed by atoms with Crippen LogP contribution >= 0.6 is 0 Å². The van der Waals surface area contributed by atoms with Gasteiger partial charge in [0.05, 0.1) is 5.69 Å². The molecule has 2 aromatic carbocycles. The van der Waals surface area contributed by atoms with Crippen LogP contribution in [0.25, 0.3) is 10.9 Å². The number of carbonyl (C=O) groups is 1. The first-order valence-corrected chi connectivity index (χ1v) is 6.24. The molecule has 3 nitrogen and oxygen atoms in total. The number of carbonyl (C=O) groups excluding carboxylic acids is 1. The zero-order valence-corrected chi connectivity index (χ0v) is 10.9. The number of benzene rings is 2. The molecule has 0 spiro atoms. The lowest BCUT2D eigenvalue weighted by Gasteiger charge is -2.04. The number of nitrogens with two attached hydrogens (primary N) is 1. The highest BCUT2D eigenvalue weighted by molar-refractivity contribution is 6.17. The summed E-state index contributed by atoms with van der Waals surface area (Å²) in [6.45, 7) is 1.95. The third-order valence-electron chi connectivity index (χ3n) is 3.42. The molecule has 0 aliphatic carbocycles. The van der Waals surface area contributed by atoms with Gasteiger partial charge in [-0.3, -0.25) is 4.79 Å². The Bertz CT molecular complexity index is 820. The number of aryl methyl sites for hydroxylation is 1. The molecule has 0 amide bonds. The largest absolute Gasteiger partial charge is 0.396 e. The molecule has 0 saturated carbocycles. The average molecular weight is 268 g/mol. The third-order valence-corrected chi connectivity index (χ3v) is 3.42. The predicted octanol–water partition coefficient (Wildman–Crippen LogP) is 3.43. The molecule has 0 radical (unpaired) electrons. The van der Waals surface area contributed by atoms with Gasteiger partial charge in [-0.2, -0.15) is 0 Å². The molecular formula is C16H13FN2O. The molecule has 0 unspecified atom stereocenters. The number of rotatable bonds is 2. The molecule has 0 fully saturated rings. The second kappa shape index (κ2) is 4.49. The highest BCUT2D eigenvalue weighted by Gasteiger charge is 2.16. The van der Waals surface area contributed by atoms with Crippen LogP contribution in [0.2, 0.25) is 0 Å². The molecule has 0 aliphatic rings. The van der Waals surface area contributed by atoms with Crippen LogP contribution in [0.15, 0.2) is 42.6 Å². The van der Waals surface area contributed by atoms with Gasteiger partial charge in [-0.15, -0.1) is 0 Å². The van der Waals surface area contributed by atoms with Crippen molar-refractivity contribution in [3.05, 3.63) is 65.1 Å². The highest BCUT2D eigenvalue weighted by atomic mass is 19.1. The lowest BCUT2D eigenvalue weighted by atomic mass is 9.99. The first-order valence-electron chi connectivity index (χ1n) is 6.24. The number of nitrogens with one attached hydrogen (secondary N) is 1. The summed E-state index contributed by atoms with van der Waals surface area (Å²) < 4.78 is 13.2. The zero-order valence-electron chi connectivity index (χ0n) is 10.9. The number of anilines is 1. The van der Waals surface area contributed by atoms with Gasteiger partial charge < -0.3 is 10.7 Å². The molecule has 1 heterocycles. The van der Waals surface area contributed by atoms with Crippen molar-refractivity contribution >= 4 is 22.4 Å². The van der Waals surface area contributed by atoms with Crippen LogP contribution in [-0.4, -0.2) is 10.8 Å². The number of aromatic nitrogens is 1. The van der Waals surface area contributed by atoms with Crippen molar-refractivity contribution in [3.63, 3.8) is 0 Å². The van der Waals surface area contributed by atoms with Crippen LogP contribution < -0.4 is 5.73 Å². The maximum Gasteiger partial charge on any atom is 0.195 e. The molecule has 20 heavy (non-hydrogen) atoms. The number of H-pyrrole nitrogens is 1. The minimum atomic E-state index is -0.517. The molecular weight excluding hydrogens is 255 g/mol. The van der Waals surface area contributed by atoms with Crippen molar-refractivity contribution in [2.75, 3.05) is 5.73 Å². The van der Waals surface area contributed by atoms with Gasteiger partial charge in [0.25, 0.3) is 0 Å². The van der Waals surface area contributed by atoms with Crippen molar-refractivity contribution in [3.8, 4) is 0 Å². The summed E-state index contributed by atoms with van der Waals surface area (Å²) in [5.74, 6) is -0.686. The molecule has 0 aliphatic heterocycles. The monoisotopic (exact) mass is 268 g/mol. The number of hydrogen-bond donors (Lipinski definition) is 2. The highest BCUT2D eigenvalue weighted by Crippen LogP contribution is 2.25. The lowest BCUT2D eigenvalue weighted by molar-refractivity contribution is 0.104. The van der Waals surface area contributed by atoms with E-state index in [-0.39, 0.29) is 11.5 Å². The Balaban J connectivity index is 2.15. The Morgan fingerprint density at radius 1 is 1.25 bits per heavy atom. The Morgan fingerprint density at radius 3 is 2.80 bits per heavy atom. The second-order valence-corrected chi connectivity index (χ2v) is 4.77. The van der Waals surface area contributed by atoms with E-state index in [4.69, 9.17) is 5.73 Å². The molecule has 0 atom stereocenters. The molecule has 100 valence electrons. The van der Waals surface area contributed by atoms with E-state index in [1.807, 2.05) is 25.1 Å². The van der Waals surface area contributed by atoms with Gasteiger partial charge in [0.15, 0.2) is 5.78 Å². The van der Waals surface area contributed by atoms with Gasteiger partial charge in [-0.1, -0.05) is 12.1 Å². The number of aromatic amines is 1. The van der Waals surface area contributed by atoms with Gasteiger partial charge in [0.2, 0.25) is 0 Å². The first kappa shape index (κ1) is 12.4. The van der Waals surface area contributed by atoms with E-state index in [2.05, 4.69) is 4.98 Å². The fourth-order valence-electron chi connectivity index (χ4n) is 2.39. The number of hydrogen-bond acceptors (Lipinski definition) is 2. The standard InChI is InChI=1S/C16H13FN2O/c1-9-3-2-4-14-15(9)11(8-19-14)16(20)10-5-6-12(17)13(18)7-10/h2-8,19H,18H2,1H3. The SMILES string of the molecule is Cc1cccc2[nH]cc(C(=O)c3ccc(F)c(N)c3)c12. The molecule has 1 aromatic heterocycles. The topological polar surface area (TPSA) is 58.9 Å². The van der Waals surface area contributed by atoms with Gasteiger partial charge in [-0.25, -0.2) is 4.39 Å².